The average Bonchev–Trinajstić information content (AvgIpc) is 3.41. The van der Waals surface area contributed by atoms with E-state index in [1.165, 1.54) is 25.0 Å². The second-order valence-electron chi connectivity index (χ2n) is 6.86. The predicted molar refractivity (Wildman–Crippen MR) is 103 cm³/mol. The number of nitrogens with zero attached hydrogens (tertiary/aromatic N) is 1. The third kappa shape index (κ3) is 6.83. The Kier molecular flexibility index (Phi) is 8.16. The number of ether oxygens (including phenoxy) is 2. The molecule has 146 valence electrons. The first-order valence-corrected chi connectivity index (χ1v) is 9.55. The number of hydrogen-bond acceptors (Lipinski definition) is 3. The highest BCUT2D eigenvalue weighted by atomic mass is 19.1. The van der Waals surface area contributed by atoms with Crippen molar-refractivity contribution in [1.82, 2.24) is 10.6 Å². The lowest BCUT2D eigenvalue weighted by atomic mass is 10.0. The minimum absolute atomic E-state index is 0.0526. The van der Waals surface area contributed by atoms with Crippen LogP contribution in [0.3, 0.4) is 0 Å². The molecule has 26 heavy (non-hydrogen) atoms. The van der Waals surface area contributed by atoms with Gasteiger partial charge in [-0.15, -0.1) is 0 Å². The number of nitrogens with one attached hydrogen (secondary N) is 2. The summed E-state index contributed by atoms with van der Waals surface area (Å²) in [4.78, 5) is 4.29. The van der Waals surface area contributed by atoms with Gasteiger partial charge < -0.3 is 20.1 Å². The number of benzene rings is 1. The van der Waals surface area contributed by atoms with Crippen molar-refractivity contribution in [2.24, 2.45) is 10.4 Å². The van der Waals surface area contributed by atoms with Crippen LogP contribution in [0.25, 0.3) is 0 Å². The normalized spacial score (nSPS) is 16.8. The van der Waals surface area contributed by atoms with Gasteiger partial charge in [0.05, 0.1) is 6.54 Å². The molecule has 1 saturated carbocycles. The van der Waals surface area contributed by atoms with Crippen LogP contribution in [-0.2, 0) is 4.74 Å². The minimum Gasteiger partial charge on any atom is -0.489 e. The molecule has 5 nitrogen and oxygen atoms in total. The molecule has 0 bridgehead atoms. The molecule has 2 N–H and O–H groups in total. The van der Waals surface area contributed by atoms with Crippen molar-refractivity contribution in [1.29, 1.82) is 0 Å². The fraction of sp³-hybridized carbons (Fsp3) is 0.650. The summed E-state index contributed by atoms with van der Waals surface area (Å²) in [5.74, 6) is 1.04. The molecule has 0 saturated heterocycles. The van der Waals surface area contributed by atoms with Gasteiger partial charge >= 0.3 is 0 Å². The summed E-state index contributed by atoms with van der Waals surface area (Å²) >= 11 is 0. The summed E-state index contributed by atoms with van der Waals surface area (Å²) in [7, 11) is 1.77. The Morgan fingerprint density at radius 1 is 1.31 bits per heavy atom. The monoisotopic (exact) mass is 365 g/mol. The molecule has 1 fully saturated rings. The maximum Gasteiger partial charge on any atom is 0.191 e. The van der Waals surface area contributed by atoms with Gasteiger partial charge in [0.2, 0.25) is 0 Å². The highest BCUT2D eigenvalue weighted by Crippen LogP contribution is 2.48. The van der Waals surface area contributed by atoms with Gasteiger partial charge in [-0.25, -0.2) is 4.39 Å². The van der Waals surface area contributed by atoms with E-state index < -0.39 is 0 Å². The molecular formula is C20H32FN3O2. The summed E-state index contributed by atoms with van der Waals surface area (Å²) in [5.41, 5.74) is 0.356. The summed E-state index contributed by atoms with van der Waals surface area (Å²) in [5, 5.41) is 6.73. The molecule has 1 aromatic rings. The maximum atomic E-state index is 13.3. The number of guanidine groups is 1. The topological polar surface area (TPSA) is 54.9 Å². The van der Waals surface area contributed by atoms with Gasteiger partial charge in [-0.3, -0.25) is 4.99 Å². The van der Waals surface area contributed by atoms with Crippen LogP contribution in [0.5, 0.6) is 5.75 Å². The summed E-state index contributed by atoms with van der Waals surface area (Å²) < 4.78 is 24.6. The van der Waals surface area contributed by atoms with Crippen LogP contribution < -0.4 is 15.4 Å². The third-order valence-corrected chi connectivity index (χ3v) is 4.84. The van der Waals surface area contributed by atoms with Crippen molar-refractivity contribution < 1.29 is 13.9 Å². The van der Waals surface area contributed by atoms with Crippen LogP contribution in [0.2, 0.25) is 0 Å². The van der Waals surface area contributed by atoms with E-state index in [2.05, 4.69) is 22.5 Å². The predicted octanol–water partition coefficient (Wildman–Crippen LogP) is 3.35. The Hall–Kier alpha value is -1.82. The second-order valence-corrected chi connectivity index (χ2v) is 6.86. The largest absolute Gasteiger partial charge is 0.489 e. The van der Waals surface area contributed by atoms with Crippen molar-refractivity contribution in [2.45, 2.75) is 45.6 Å². The van der Waals surface area contributed by atoms with Gasteiger partial charge in [0.25, 0.3) is 0 Å². The fourth-order valence-corrected chi connectivity index (χ4v) is 2.83. The molecule has 0 aromatic heterocycles. The summed E-state index contributed by atoms with van der Waals surface area (Å²) in [6.07, 6.45) is 4.33. The Morgan fingerprint density at radius 3 is 2.73 bits per heavy atom. The molecule has 1 aromatic carbocycles. The van der Waals surface area contributed by atoms with Gasteiger partial charge in [-0.1, -0.05) is 13.0 Å². The van der Waals surface area contributed by atoms with Gasteiger partial charge in [0.15, 0.2) is 5.96 Å². The standard InChI is InChI=1S/C20H32FN3O2/c1-4-17(26-18-8-6-7-16(21)13-18)14-23-19(22-3)24-15-20(9-10-20)11-12-25-5-2/h6-8,13,17H,4-5,9-12,14-15H2,1-3H3,(H2,22,23,24). The van der Waals surface area contributed by atoms with Crippen molar-refractivity contribution in [2.75, 3.05) is 33.4 Å². The Bertz CT molecular complexity index is 576. The van der Waals surface area contributed by atoms with Crippen molar-refractivity contribution in [3.05, 3.63) is 30.1 Å². The first-order valence-electron chi connectivity index (χ1n) is 9.55. The maximum absolute atomic E-state index is 13.3. The summed E-state index contributed by atoms with van der Waals surface area (Å²) in [6, 6.07) is 6.25. The molecular weight excluding hydrogens is 333 g/mol. The van der Waals surface area contributed by atoms with Gasteiger partial charge in [-0.05, 0) is 50.2 Å². The number of hydrogen-bond donors (Lipinski definition) is 2. The lowest BCUT2D eigenvalue weighted by molar-refractivity contribution is 0.128. The van der Waals surface area contributed by atoms with Crippen molar-refractivity contribution in [3.63, 3.8) is 0 Å². The fourth-order valence-electron chi connectivity index (χ4n) is 2.83. The zero-order valence-electron chi connectivity index (χ0n) is 16.2. The van der Waals surface area contributed by atoms with Crippen LogP contribution in [0.1, 0.15) is 39.5 Å². The third-order valence-electron chi connectivity index (χ3n) is 4.84. The molecule has 2 rings (SSSR count). The van der Waals surface area contributed by atoms with E-state index in [0.717, 1.165) is 38.6 Å². The average molecular weight is 365 g/mol. The van der Waals surface area contributed by atoms with E-state index in [-0.39, 0.29) is 11.9 Å². The molecule has 1 atom stereocenters. The Morgan fingerprint density at radius 2 is 2.12 bits per heavy atom. The van der Waals surface area contributed by atoms with Crippen LogP contribution in [0, 0.1) is 11.2 Å². The van der Waals surface area contributed by atoms with Gasteiger partial charge in [0.1, 0.15) is 17.7 Å². The van der Waals surface area contributed by atoms with E-state index >= 15 is 0 Å². The highest BCUT2D eigenvalue weighted by Gasteiger charge is 2.41. The highest BCUT2D eigenvalue weighted by molar-refractivity contribution is 5.79. The Labute approximate surface area is 156 Å². The molecule has 6 heteroatoms. The number of halogens is 1. The van der Waals surface area contributed by atoms with E-state index in [1.54, 1.807) is 19.2 Å². The second kappa shape index (κ2) is 10.4. The Balaban J connectivity index is 1.74. The van der Waals surface area contributed by atoms with Crippen molar-refractivity contribution >= 4 is 5.96 Å². The first-order chi connectivity index (χ1) is 12.6. The first kappa shape index (κ1) is 20.5. The molecule has 0 amide bonds. The van der Waals surface area contributed by atoms with E-state index in [4.69, 9.17) is 9.47 Å². The summed E-state index contributed by atoms with van der Waals surface area (Å²) in [6.45, 7) is 7.19. The lowest BCUT2D eigenvalue weighted by Gasteiger charge is -2.22. The zero-order valence-corrected chi connectivity index (χ0v) is 16.2. The smallest absolute Gasteiger partial charge is 0.191 e. The lowest BCUT2D eigenvalue weighted by Crippen LogP contribution is -2.44. The van der Waals surface area contributed by atoms with Gasteiger partial charge in [0, 0.05) is 32.9 Å². The van der Waals surface area contributed by atoms with E-state index in [1.807, 2.05) is 6.92 Å². The molecule has 1 aliphatic carbocycles. The number of rotatable bonds is 11. The molecule has 1 aliphatic rings. The van der Waals surface area contributed by atoms with Crippen molar-refractivity contribution in [3.8, 4) is 5.75 Å². The SMILES string of the molecule is CCOCCC1(CNC(=NC)NCC(CC)Oc2cccc(F)c2)CC1. The molecule has 1 unspecified atom stereocenters. The quantitative estimate of drug-likeness (QED) is 0.359. The molecule has 0 aliphatic heterocycles. The van der Waals surface area contributed by atoms with Crippen LogP contribution in [0.4, 0.5) is 4.39 Å². The van der Waals surface area contributed by atoms with Gasteiger partial charge in [-0.2, -0.15) is 0 Å². The minimum atomic E-state index is -0.287. The zero-order chi connectivity index (χ0) is 18.8. The molecule has 0 heterocycles. The van der Waals surface area contributed by atoms with E-state index in [9.17, 15) is 4.39 Å². The van der Waals surface area contributed by atoms with Crippen LogP contribution in [-0.4, -0.2) is 45.4 Å². The molecule has 0 spiro atoms. The van der Waals surface area contributed by atoms with Crippen LogP contribution in [0.15, 0.2) is 29.3 Å². The van der Waals surface area contributed by atoms with Crippen LogP contribution >= 0.6 is 0 Å². The van der Waals surface area contributed by atoms with E-state index in [0.29, 0.717) is 17.7 Å². The number of aliphatic imine (C=N–C) groups is 1. The molecule has 0 radical (unpaired) electrons.